The van der Waals surface area contributed by atoms with Crippen LogP contribution in [-0.4, -0.2) is 47.9 Å². The molecule has 1 aromatic carbocycles. The summed E-state index contributed by atoms with van der Waals surface area (Å²) in [5.41, 5.74) is 8.91. The van der Waals surface area contributed by atoms with Crippen molar-refractivity contribution < 1.29 is 0 Å². The van der Waals surface area contributed by atoms with Gasteiger partial charge in [0.2, 0.25) is 0 Å². The number of rotatable bonds is 4. The summed E-state index contributed by atoms with van der Waals surface area (Å²) < 4.78 is 0. The van der Waals surface area contributed by atoms with Gasteiger partial charge in [0.1, 0.15) is 5.84 Å². The highest BCUT2D eigenvalue weighted by Crippen LogP contribution is 2.16. The van der Waals surface area contributed by atoms with Gasteiger partial charge in [-0.3, -0.25) is 15.2 Å². The Labute approximate surface area is 122 Å². The minimum absolute atomic E-state index is 0.143. The van der Waals surface area contributed by atoms with E-state index in [0.29, 0.717) is 6.04 Å². The Balaban J connectivity index is 2.02. The van der Waals surface area contributed by atoms with Gasteiger partial charge in [0, 0.05) is 37.8 Å². The van der Waals surface area contributed by atoms with E-state index in [2.05, 4.69) is 36.6 Å². The van der Waals surface area contributed by atoms with E-state index in [1.165, 1.54) is 11.1 Å². The molecule has 0 aromatic heterocycles. The molecule has 0 spiro atoms. The SMILES string of the molecule is CCN1CCN(Cc2ccc(C(=N)N)cc2C)CC1C. The van der Waals surface area contributed by atoms with Crippen molar-refractivity contribution in [1.29, 1.82) is 5.41 Å². The fourth-order valence-corrected chi connectivity index (χ4v) is 2.97. The zero-order valence-electron chi connectivity index (χ0n) is 12.8. The van der Waals surface area contributed by atoms with Crippen LogP contribution in [0.25, 0.3) is 0 Å². The molecule has 110 valence electrons. The second-order valence-electron chi connectivity index (χ2n) is 5.77. The normalized spacial score (nSPS) is 21.1. The van der Waals surface area contributed by atoms with Crippen LogP contribution >= 0.6 is 0 Å². The summed E-state index contributed by atoms with van der Waals surface area (Å²) in [6.07, 6.45) is 0. The van der Waals surface area contributed by atoms with Crippen molar-refractivity contribution in [2.24, 2.45) is 5.73 Å². The van der Waals surface area contributed by atoms with Gasteiger partial charge in [0.15, 0.2) is 0 Å². The lowest BCUT2D eigenvalue weighted by Crippen LogP contribution is -2.51. The van der Waals surface area contributed by atoms with Crippen molar-refractivity contribution >= 4 is 5.84 Å². The maximum atomic E-state index is 7.49. The number of benzene rings is 1. The maximum absolute atomic E-state index is 7.49. The number of nitrogens with zero attached hydrogens (tertiary/aromatic N) is 2. The number of hydrogen-bond donors (Lipinski definition) is 2. The Bertz CT molecular complexity index is 483. The fraction of sp³-hybridized carbons (Fsp3) is 0.562. The Kier molecular flexibility index (Phi) is 4.78. The standard InChI is InChI=1S/C16H26N4/c1-4-20-8-7-19(10-13(20)3)11-15-6-5-14(16(17)18)9-12(15)2/h5-6,9,13H,4,7-8,10-11H2,1-3H3,(H3,17,18). The predicted molar refractivity (Wildman–Crippen MR) is 84.2 cm³/mol. The first-order chi connectivity index (χ1) is 9.51. The molecule has 0 amide bonds. The van der Waals surface area contributed by atoms with Crippen LogP contribution in [0.15, 0.2) is 18.2 Å². The summed E-state index contributed by atoms with van der Waals surface area (Å²) in [5, 5.41) is 7.49. The summed E-state index contributed by atoms with van der Waals surface area (Å²) in [5.74, 6) is 0.143. The quantitative estimate of drug-likeness (QED) is 0.650. The lowest BCUT2D eigenvalue weighted by molar-refractivity contribution is 0.0833. The van der Waals surface area contributed by atoms with E-state index in [1.54, 1.807) is 0 Å². The van der Waals surface area contributed by atoms with Crippen molar-refractivity contribution in [2.45, 2.75) is 33.4 Å². The van der Waals surface area contributed by atoms with Crippen molar-refractivity contribution in [3.8, 4) is 0 Å². The van der Waals surface area contributed by atoms with Crippen LogP contribution in [-0.2, 0) is 6.54 Å². The van der Waals surface area contributed by atoms with Gasteiger partial charge in [-0.25, -0.2) is 0 Å². The molecule has 2 rings (SSSR count). The largest absolute Gasteiger partial charge is 0.384 e. The van der Waals surface area contributed by atoms with Gasteiger partial charge in [-0.2, -0.15) is 0 Å². The number of nitrogens with two attached hydrogens (primary N) is 1. The predicted octanol–water partition coefficient (Wildman–Crippen LogP) is 1.81. The monoisotopic (exact) mass is 274 g/mol. The van der Waals surface area contributed by atoms with Gasteiger partial charge in [-0.1, -0.05) is 19.1 Å². The molecule has 0 radical (unpaired) electrons. The van der Waals surface area contributed by atoms with Gasteiger partial charge in [-0.15, -0.1) is 0 Å². The second-order valence-corrected chi connectivity index (χ2v) is 5.77. The molecule has 0 saturated carbocycles. The highest BCUT2D eigenvalue weighted by atomic mass is 15.3. The van der Waals surface area contributed by atoms with E-state index in [4.69, 9.17) is 11.1 Å². The number of hydrogen-bond acceptors (Lipinski definition) is 3. The summed E-state index contributed by atoms with van der Waals surface area (Å²) in [7, 11) is 0. The van der Waals surface area contributed by atoms with Crippen LogP contribution in [0.4, 0.5) is 0 Å². The number of likely N-dealkylation sites (N-methyl/N-ethyl adjacent to an activating group) is 1. The van der Waals surface area contributed by atoms with Crippen LogP contribution in [0.3, 0.4) is 0 Å². The number of piperazine rings is 1. The van der Waals surface area contributed by atoms with Gasteiger partial charge < -0.3 is 5.73 Å². The molecule has 1 aliphatic heterocycles. The molecule has 0 aliphatic carbocycles. The van der Waals surface area contributed by atoms with Crippen LogP contribution in [0.1, 0.15) is 30.5 Å². The van der Waals surface area contributed by atoms with Crippen LogP contribution in [0.2, 0.25) is 0 Å². The molecular formula is C16H26N4. The number of nitrogens with one attached hydrogen (secondary N) is 1. The highest BCUT2D eigenvalue weighted by molar-refractivity contribution is 5.95. The molecule has 3 N–H and O–H groups in total. The van der Waals surface area contributed by atoms with Gasteiger partial charge >= 0.3 is 0 Å². The maximum Gasteiger partial charge on any atom is 0.122 e. The summed E-state index contributed by atoms with van der Waals surface area (Å²) in [6.45, 7) is 12.2. The number of nitrogen functional groups attached to an aromatic ring is 1. The molecule has 1 heterocycles. The molecule has 1 aromatic rings. The van der Waals surface area contributed by atoms with Crippen LogP contribution < -0.4 is 5.73 Å². The molecule has 1 unspecified atom stereocenters. The molecule has 0 bridgehead atoms. The van der Waals surface area contributed by atoms with Crippen LogP contribution in [0.5, 0.6) is 0 Å². The third kappa shape index (κ3) is 3.38. The van der Waals surface area contributed by atoms with E-state index in [-0.39, 0.29) is 5.84 Å². The van der Waals surface area contributed by atoms with Crippen molar-refractivity contribution in [1.82, 2.24) is 9.80 Å². The zero-order valence-corrected chi connectivity index (χ0v) is 12.8. The summed E-state index contributed by atoms with van der Waals surface area (Å²) in [6, 6.07) is 6.72. The summed E-state index contributed by atoms with van der Waals surface area (Å²) in [4.78, 5) is 5.05. The average Bonchev–Trinajstić information content (AvgIpc) is 2.41. The lowest BCUT2D eigenvalue weighted by atomic mass is 10.0. The topological polar surface area (TPSA) is 56.4 Å². The van der Waals surface area contributed by atoms with Gasteiger partial charge in [-0.05, 0) is 37.6 Å². The average molecular weight is 274 g/mol. The molecule has 1 saturated heterocycles. The minimum atomic E-state index is 0.143. The number of amidine groups is 1. The van der Waals surface area contributed by atoms with Crippen molar-refractivity contribution in [3.63, 3.8) is 0 Å². The van der Waals surface area contributed by atoms with E-state index >= 15 is 0 Å². The molecule has 4 heteroatoms. The first kappa shape index (κ1) is 15.0. The Morgan fingerprint density at radius 1 is 1.40 bits per heavy atom. The third-order valence-electron chi connectivity index (χ3n) is 4.30. The Morgan fingerprint density at radius 2 is 2.15 bits per heavy atom. The van der Waals surface area contributed by atoms with Gasteiger partial charge in [0.25, 0.3) is 0 Å². The smallest absolute Gasteiger partial charge is 0.122 e. The number of aryl methyl sites for hydroxylation is 1. The van der Waals surface area contributed by atoms with Crippen LogP contribution in [0, 0.1) is 12.3 Å². The highest BCUT2D eigenvalue weighted by Gasteiger charge is 2.22. The van der Waals surface area contributed by atoms with Crippen molar-refractivity contribution in [3.05, 3.63) is 34.9 Å². The van der Waals surface area contributed by atoms with E-state index < -0.39 is 0 Å². The van der Waals surface area contributed by atoms with E-state index in [9.17, 15) is 0 Å². The van der Waals surface area contributed by atoms with E-state index in [0.717, 1.165) is 38.3 Å². The molecule has 20 heavy (non-hydrogen) atoms. The first-order valence-corrected chi connectivity index (χ1v) is 7.41. The Hall–Kier alpha value is -1.39. The molecular weight excluding hydrogens is 248 g/mol. The van der Waals surface area contributed by atoms with Crippen molar-refractivity contribution in [2.75, 3.05) is 26.2 Å². The minimum Gasteiger partial charge on any atom is -0.384 e. The summed E-state index contributed by atoms with van der Waals surface area (Å²) >= 11 is 0. The fourth-order valence-electron chi connectivity index (χ4n) is 2.97. The van der Waals surface area contributed by atoms with E-state index in [1.807, 2.05) is 12.1 Å². The lowest BCUT2D eigenvalue weighted by Gasteiger charge is -2.39. The zero-order chi connectivity index (χ0) is 14.7. The molecule has 1 aliphatic rings. The molecule has 1 atom stereocenters. The molecule has 4 nitrogen and oxygen atoms in total. The Morgan fingerprint density at radius 3 is 2.70 bits per heavy atom. The second kappa shape index (κ2) is 6.37. The third-order valence-corrected chi connectivity index (χ3v) is 4.30. The van der Waals surface area contributed by atoms with Gasteiger partial charge in [0.05, 0.1) is 0 Å². The molecule has 1 fully saturated rings. The first-order valence-electron chi connectivity index (χ1n) is 7.41.